The monoisotopic (exact) mass is 256 g/mol. The maximum absolute atomic E-state index is 11.8. The lowest BCUT2D eigenvalue weighted by Crippen LogP contribution is -2.26. The zero-order valence-corrected chi connectivity index (χ0v) is 11.5. The number of hydrogen-bond donors (Lipinski definition) is 1. The SMILES string of the molecule is CNCCCC(=O)N(C)c1cccc(C)c1.Cl. The molecule has 4 heteroatoms. The third-order valence-corrected chi connectivity index (χ3v) is 2.58. The molecule has 1 amide bonds. The Hall–Kier alpha value is -1.06. The average molecular weight is 257 g/mol. The third kappa shape index (κ3) is 5.20. The number of rotatable bonds is 5. The van der Waals surface area contributed by atoms with E-state index in [9.17, 15) is 4.79 Å². The van der Waals surface area contributed by atoms with E-state index < -0.39 is 0 Å². The Morgan fingerprint density at radius 1 is 1.41 bits per heavy atom. The standard InChI is InChI=1S/C13H20N2O.ClH/c1-11-6-4-7-12(10-11)15(3)13(16)8-5-9-14-2;/h4,6-7,10,14H,5,8-9H2,1-3H3;1H. The van der Waals surface area contributed by atoms with E-state index in [1.165, 1.54) is 5.56 Å². The molecule has 0 atom stereocenters. The van der Waals surface area contributed by atoms with Crippen LogP contribution in [0, 0.1) is 6.92 Å². The van der Waals surface area contributed by atoms with Gasteiger partial charge in [0.15, 0.2) is 0 Å². The normalized spacial score (nSPS) is 9.59. The molecule has 1 aromatic rings. The van der Waals surface area contributed by atoms with Crippen LogP contribution >= 0.6 is 12.4 Å². The van der Waals surface area contributed by atoms with Gasteiger partial charge in [-0.15, -0.1) is 12.4 Å². The van der Waals surface area contributed by atoms with Crippen LogP contribution in [0.3, 0.4) is 0 Å². The predicted octanol–water partition coefficient (Wildman–Crippen LogP) is 2.38. The summed E-state index contributed by atoms with van der Waals surface area (Å²) in [5.41, 5.74) is 2.14. The van der Waals surface area contributed by atoms with Gasteiger partial charge in [0.1, 0.15) is 0 Å². The number of hydrogen-bond acceptors (Lipinski definition) is 2. The summed E-state index contributed by atoms with van der Waals surface area (Å²) in [6, 6.07) is 7.99. The van der Waals surface area contributed by atoms with Crippen LogP contribution in [0.4, 0.5) is 5.69 Å². The van der Waals surface area contributed by atoms with Crippen LogP contribution in [0.1, 0.15) is 18.4 Å². The smallest absolute Gasteiger partial charge is 0.226 e. The largest absolute Gasteiger partial charge is 0.320 e. The first-order chi connectivity index (χ1) is 7.65. The molecule has 17 heavy (non-hydrogen) atoms. The first-order valence-electron chi connectivity index (χ1n) is 5.63. The lowest BCUT2D eigenvalue weighted by Gasteiger charge is -2.17. The van der Waals surface area contributed by atoms with E-state index in [4.69, 9.17) is 0 Å². The fourth-order valence-corrected chi connectivity index (χ4v) is 1.56. The summed E-state index contributed by atoms with van der Waals surface area (Å²) < 4.78 is 0. The highest BCUT2D eigenvalue weighted by atomic mass is 35.5. The van der Waals surface area contributed by atoms with E-state index >= 15 is 0 Å². The number of carbonyl (C=O) groups is 1. The van der Waals surface area contributed by atoms with Gasteiger partial charge in [0, 0.05) is 19.2 Å². The summed E-state index contributed by atoms with van der Waals surface area (Å²) in [6.45, 7) is 2.91. The molecule has 0 unspecified atom stereocenters. The molecule has 0 saturated heterocycles. The average Bonchev–Trinajstić information content (AvgIpc) is 2.28. The van der Waals surface area contributed by atoms with Gasteiger partial charge in [0.25, 0.3) is 0 Å². The fraction of sp³-hybridized carbons (Fsp3) is 0.462. The second-order valence-electron chi connectivity index (χ2n) is 4.00. The van der Waals surface area contributed by atoms with Crippen LogP contribution in [0.2, 0.25) is 0 Å². The van der Waals surface area contributed by atoms with E-state index in [-0.39, 0.29) is 18.3 Å². The Bertz CT molecular complexity index is 355. The zero-order chi connectivity index (χ0) is 12.0. The van der Waals surface area contributed by atoms with Crippen molar-refractivity contribution in [1.29, 1.82) is 0 Å². The van der Waals surface area contributed by atoms with Gasteiger partial charge in [-0.3, -0.25) is 4.79 Å². The molecule has 0 heterocycles. The van der Waals surface area contributed by atoms with Gasteiger partial charge in [0.2, 0.25) is 5.91 Å². The molecule has 1 rings (SSSR count). The summed E-state index contributed by atoms with van der Waals surface area (Å²) in [6.07, 6.45) is 1.47. The Balaban J connectivity index is 0.00000256. The van der Waals surface area contributed by atoms with Gasteiger partial charge < -0.3 is 10.2 Å². The van der Waals surface area contributed by atoms with E-state index in [0.29, 0.717) is 6.42 Å². The topological polar surface area (TPSA) is 32.3 Å². The molecule has 1 aromatic carbocycles. The third-order valence-electron chi connectivity index (χ3n) is 2.58. The maximum atomic E-state index is 11.8. The lowest BCUT2D eigenvalue weighted by molar-refractivity contribution is -0.118. The van der Waals surface area contributed by atoms with Crippen molar-refractivity contribution in [1.82, 2.24) is 5.32 Å². The molecule has 0 radical (unpaired) electrons. The molecule has 0 fully saturated rings. The van der Waals surface area contributed by atoms with Gasteiger partial charge in [0.05, 0.1) is 0 Å². The van der Waals surface area contributed by atoms with Crippen molar-refractivity contribution in [3.05, 3.63) is 29.8 Å². The molecule has 0 aliphatic rings. The van der Waals surface area contributed by atoms with Crippen molar-refractivity contribution in [3.63, 3.8) is 0 Å². The molecule has 0 aliphatic heterocycles. The summed E-state index contributed by atoms with van der Waals surface area (Å²) in [5, 5.41) is 3.04. The number of benzene rings is 1. The molecule has 0 saturated carbocycles. The summed E-state index contributed by atoms with van der Waals surface area (Å²) in [5.74, 6) is 0.167. The molecular weight excluding hydrogens is 236 g/mol. The van der Waals surface area contributed by atoms with Crippen molar-refractivity contribution in [2.24, 2.45) is 0 Å². The van der Waals surface area contributed by atoms with Crippen LogP contribution in [-0.2, 0) is 4.79 Å². The number of carbonyl (C=O) groups excluding carboxylic acids is 1. The lowest BCUT2D eigenvalue weighted by atomic mass is 10.2. The Kier molecular flexibility index (Phi) is 7.59. The fourth-order valence-electron chi connectivity index (χ4n) is 1.56. The maximum Gasteiger partial charge on any atom is 0.226 e. The van der Waals surface area contributed by atoms with Crippen LogP contribution in [-0.4, -0.2) is 26.5 Å². The van der Waals surface area contributed by atoms with Crippen LogP contribution < -0.4 is 10.2 Å². The first kappa shape index (κ1) is 15.9. The van der Waals surface area contributed by atoms with Gasteiger partial charge >= 0.3 is 0 Å². The van der Waals surface area contributed by atoms with E-state index in [0.717, 1.165) is 18.7 Å². The van der Waals surface area contributed by atoms with Crippen molar-refractivity contribution < 1.29 is 4.79 Å². The highest BCUT2D eigenvalue weighted by molar-refractivity contribution is 5.92. The predicted molar refractivity (Wildman–Crippen MR) is 75.0 cm³/mol. The summed E-state index contributed by atoms with van der Waals surface area (Å²) in [7, 11) is 3.73. The highest BCUT2D eigenvalue weighted by Gasteiger charge is 2.09. The quantitative estimate of drug-likeness (QED) is 0.821. The van der Waals surface area contributed by atoms with Crippen molar-refractivity contribution in [3.8, 4) is 0 Å². The molecular formula is C13H21ClN2O. The second-order valence-corrected chi connectivity index (χ2v) is 4.00. The molecule has 3 nitrogen and oxygen atoms in total. The minimum absolute atomic E-state index is 0. The summed E-state index contributed by atoms with van der Waals surface area (Å²) in [4.78, 5) is 13.6. The molecule has 1 N–H and O–H groups in total. The number of amides is 1. The zero-order valence-electron chi connectivity index (χ0n) is 10.7. The second kappa shape index (κ2) is 8.09. The number of halogens is 1. The van der Waals surface area contributed by atoms with Gasteiger partial charge in [-0.1, -0.05) is 12.1 Å². The van der Waals surface area contributed by atoms with Crippen LogP contribution in [0.5, 0.6) is 0 Å². The Morgan fingerprint density at radius 2 is 2.12 bits per heavy atom. The number of nitrogens with one attached hydrogen (secondary N) is 1. The van der Waals surface area contributed by atoms with Gasteiger partial charge in [-0.2, -0.15) is 0 Å². The van der Waals surface area contributed by atoms with Crippen molar-refractivity contribution >= 4 is 24.0 Å². The molecule has 0 spiro atoms. The molecule has 0 bridgehead atoms. The van der Waals surface area contributed by atoms with E-state index in [1.807, 2.05) is 45.3 Å². The minimum Gasteiger partial charge on any atom is -0.320 e. The number of nitrogens with zero attached hydrogens (tertiary/aromatic N) is 1. The Labute approximate surface area is 110 Å². The number of aryl methyl sites for hydroxylation is 1. The number of anilines is 1. The summed E-state index contributed by atoms with van der Waals surface area (Å²) >= 11 is 0. The molecule has 0 aliphatic carbocycles. The molecule has 0 aromatic heterocycles. The van der Waals surface area contributed by atoms with E-state index in [2.05, 4.69) is 5.32 Å². The van der Waals surface area contributed by atoms with Crippen LogP contribution in [0.15, 0.2) is 24.3 Å². The Morgan fingerprint density at radius 3 is 2.71 bits per heavy atom. The highest BCUT2D eigenvalue weighted by Crippen LogP contribution is 2.15. The van der Waals surface area contributed by atoms with Crippen molar-refractivity contribution in [2.75, 3.05) is 25.5 Å². The van der Waals surface area contributed by atoms with Crippen molar-refractivity contribution in [2.45, 2.75) is 19.8 Å². The van der Waals surface area contributed by atoms with E-state index in [1.54, 1.807) is 4.90 Å². The van der Waals surface area contributed by atoms with Gasteiger partial charge in [-0.05, 0) is 44.6 Å². The molecule has 96 valence electrons. The van der Waals surface area contributed by atoms with Crippen LogP contribution in [0.25, 0.3) is 0 Å². The minimum atomic E-state index is 0. The first-order valence-corrected chi connectivity index (χ1v) is 5.63. The van der Waals surface area contributed by atoms with Gasteiger partial charge in [-0.25, -0.2) is 0 Å².